The van der Waals surface area contributed by atoms with E-state index in [2.05, 4.69) is 11.0 Å². The van der Waals surface area contributed by atoms with Crippen molar-refractivity contribution in [2.45, 2.75) is 25.4 Å². The lowest BCUT2D eigenvalue weighted by molar-refractivity contribution is -0.384. The monoisotopic (exact) mass is 378 g/mol. The third-order valence-electron chi connectivity index (χ3n) is 5.25. The second-order valence-corrected chi connectivity index (χ2v) is 6.91. The molecule has 2 aromatic carbocycles. The Morgan fingerprint density at radius 2 is 1.93 bits per heavy atom. The van der Waals surface area contributed by atoms with Crippen molar-refractivity contribution in [1.29, 1.82) is 0 Å². The summed E-state index contributed by atoms with van der Waals surface area (Å²) in [5.41, 5.74) is 1.74. The van der Waals surface area contributed by atoms with Gasteiger partial charge in [0.05, 0.1) is 24.1 Å². The van der Waals surface area contributed by atoms with Crippen molar-refractivity contribution in [3.63, 3.8) is 0 Å². The number of nitrogens with zero attached hydrogens (tertiary/aromatic N) is 2. The summed E-state index contributed by atoms with van der Waals surface area (Å²) in [5, 5.41) is 11.3. The van der Waals surface area contributed by atoms with Gasteiger partial charge in [-0.2, -0.15) is 0 Å². The number of nitro groups is 1. The molecule has 0 saturated carbocycles. The van der Waals surface area contributed by atoms with Gasteiger partial charge in [-0.25, -0.2) is 0 Å². The van der Waals surface area contributed by atoms with Gasteiger partial charge in [0.25, 0.3) is 5.69 Å². The minimum absolute atomic E-state index is 0.0523. The van der Waals surface area contributed by atoms with Crippen molar-refractivity contribution in [3.05, 3.63) is 82.1 Å². The van der Waals surface area contributed by atoms with E-state index in [4.69, 9.17) is 9.15 Å². The Hall–Kier alpha value is -3.12. The molecule has 0 amide bonds. The SMILES string of the molecule is COc1ccccc1C1CCCN1Cc1ccc(-c2ccccc2[N+](=O)[O-])o1. The molecule has 1 unspecified atom stereocenters. The molecule has 1 fully saturated rings. The molecular formula is C22H22N2O4. The zero-order valence-corrected chi connectivity index (χ0v) is 15.7. The van der Waals surface area contributed by atoms with E-state index >= 15 is 0 Å². The number of likely N-dealkylation sites (tertiary alicyclic amines) is 1. The number of benzene rings is 2. The highest BCUT2D eigenvalue weighted by Gasteiger charge is 2.29. The van der Waals surface area contributed by atoms with E-state index in [1.165, 1.54) is 11.6 Å². The molecule has 6 nitrogen and oxygen atoms in total. The summed E-state index contributed by atoms with van der Waals surface area (Å²) < 4.78 is 11.5. The molecule has 28 heavy (non-hydrogen) atoms. The van der Waals surface area contributed by atoms with E-state index in [1.807, 2.05) is 30.3 Å². The van der Waals surface area contributed by atoms with Crippen LogP contribution < -0.4 is 4.74 Å². The molecule has 4 rings (SSSR count). The smallest absolute Gasteiger partial charge is 0.280 e. The standard InChI is InChI=1S/C22H22N2O4/c1-27-21-11-5-3-7-17(21)19-10-6-14-23(19)15-16-12-13-22(28-16)18-8-2-4-9-20(18)24(25)26/h2-5,7-9,11-13,19H,6,10,14-15H2,1H3. The molecule has 0 spiro atoms. The number of nitro benzene ring substituents is 1. The average Bonchev–Trinajstić information content (AvgIpc) is 3.38. The van der Waals surface area contributed by atoms with Gasteiger partial charge in [0.2, 0.25) is 0 Å². The van der Waals surface area contributed by atoms with E-state index in [1.54, 1.807) is 25.3 Å². The first-order chi connectivity index (χ1) is 13.7. The lowest BCUT2D eigenvalue weighted by Crippen LogP contribution is -2.22. The summed E-state index contributed by atoms with van der Waals surface area (Å²) in [6, 6.07) is 18.8. The number of ether oxygens (including phenoxy) is 1. The van der Waals surface area contributed by atoms with Crippen LogP contribution in [0, 0.1) is 10.1 Å². The molecule has 0 radical (unpaired) electrons. The van der Waals surface area contributed by atoms with Crippen LogP contribution in [0.4, 0.5) is 5.69 Å². The van der Waals surface area contributed by atoms with E-state index in [-0.39, 0.29) is 16.7 Å². The fourth-order valence-corrected chi connectivity index (χ4v) is 3.96. The van der Waals surface area contributed by atoms with Crippen molar-refractivity contribution in [3.8, 4) is 17.1 Å². The number of methoxy groups -OCH3 is 1. The minimum atomic E-state index is -0.379. The van der Waals surface area contributed by atoms with Gasteiger partial charge in [-0.15, -0.1) is 0 Å². The average molecular weight is 378 g/mol. The van der Waals surface area contributed by atoms with Crippen LogP contribution in [0.25, 0.3) is 11.3 Å². The maximum Gasteiger partial charge on any atom is 0.280 e. The molecule has 1 aromatic heterocycles. The van der Waals surface area contributed by atoms with E-state index in [9.17, 15) is 10.1 Å². The molecule has 2 heterocycles. The summed E-state index contributed by atoms with van der Waals surface area (Å²) in [6.45, 7) is 1.63. The van der Waals surface area contributed by atoms with Gasteiger partial charge in [0, 0.05) is 17.7 Å². The molecule has 144 valence electrons. The first-order valence-corrected chi connectivity index (χ1v) is 9.37. The fraction of sp³-hybridized carbons (Fsp3) is 0.273. The number of furan rings is 1. The quantitative estimate of drug-likeness (QED) is 0.435. The van der Waals surface area contributed by atoms with Gasteiger partial charge in [-0.3, -0.25) is 15.0 Å². The Morgan fingerprint density at radius 3 is 2.75 bits per heavy atom. The molecule has 0 aliphatic carbocycles. The third kappa shape index (κ3) is 3.51. The van der Waals surface area contributed by atoms with Gasteiger partial charge in [0.1, 0.15) is 17.3 Å². The molecular weight excluding hydrogens is 356 g/mol. The van der Waals surface area contributed by atoms with Crippen molar-refractivity contribution in [2.24, 2.45) is 0 Å². The van der Waals surface area contributed by atoms with Crippen LogP contribution in [-0.2, 0) is 6.54 Å². The highest BCUT2D eigenvalue weighted by Crippen LogP contribution is 2.38. The zero-order valence-electron chi connectivity index (χ0n) is 15.7. The first-order valence-electron chi connectivity index (χ1n) is 9.37. The Balaban J connectivity index is 1.56. The topological polar surface area (TPSA) is 68.8 Å². The Bertz CT molecular complexity index is 982. The predicted octanol–water partition coefficient (Wildman–Crippen LogP) is 5.20. The van der Waals surface area contributed by atoms with Crippen molar-refractivity contribution in [1.82, 2.24) is 4.90 Å². The fourth-order valence-electron chi connectivity index (χ4n) is 3.96. The highest BCUT2D eigenvalue weighted by molar-refractivity contribution is 5.69. The first kappa shape index (κ1) is 18.3. The van der Waals surface area contributed by atoms with Gasteiger partial charge in [-0.05, 0) is 43.7 Å². The van der Waals surface area contributed by atoms with Gasteiger partial charge in [-0.1, -0.05) is 30.3 Å². The molecule has 1 aliphatic heterocycles. The van der Waals surface area contributed by atoms with Crippen LogP contribution in [0.3, 0.4) is 0 Å². The highest BCUT2D eigenvalue weighted by atomic mass is 16.6. The largest absolute Gasteiger partial charge is 0.496 e. The maximum atomic E-state index is 11.3. The van der Waals surface area contributed by atoms with Crippen molar-refractivity contribution in [2.75, 3.05) is 13.7 Å². The van der Waals surface area contributed by atoms with E-state index in [0.717, 1.165) is 30.9 Å². The third-order valence-corrected chi connectivity index (χ3v) is 5.25. The molecule has 1 atom stereocenters. The van der Waals surface area contributed by atoms with Crippen LogP contribution in [-0.4, -0.2) is 23.5 Å². The minimum Gasteiger partial charge on any atom is -0.496 e. The van der Waals surface area contributed by atoms with E-state index < -0.39 is 0 Å². The molecule has 3 aromatic rings. The summed E-state index contributed by atoms with van der Waals surface area (Å²) >= 11 is 0. The summed E-state index contributed by atoms with van der Waals surface area (Å²) in [6.07, 6.45) is 2.18. The zero-order chi connectivity index (χ0) is 19.5. The molecule has 0 N–H and O–H groups in total. The van der Waals surface area contributed by atoms with Crippen LogP contribution in [0.15, 0.2) is 65.1 Å². The Labute approximate surface area is 163 Å². The van der Waals surface area contributed by atoms with E-state index in [0.29, 0.717) is 17.9 Å². The maximum absolute atomic E-state index is 11.3. The Morgan fingerprint density at radius 1 is 1.14 bits per heavy atom. The number of hydrogen-bond acceptors (Lipinski definition) is 5. The second-order valence-electron chi connectivity index (χ2n) is 6.91. The lowest BCUT2D eigenvalue weighted by atomic mass is 10.0. The second kappa shape index (κ2) is 7.86. The summed E-state index contributed by atoms with van der Waals surface area (Å²) in [4.78, 5) is 13.3. The normalized spacial score (nSPS) is 17.0. The van der Waals surface area contributed by atoms with Gasteiger partial charge in [0.15, 0.2) is 0 Å². The molecule has 0 bridgehead atoms. The summed E-state index contributed by atoms with van der Waals surface area (Å²) in [7, 11) is 1.70. The van der Waals surface area contributed by atoms with Crippen LogP contribution >= 0.6 is 0 Å². The summed E-state index contributed by atoms with van der Waals surface area (Å²) in [5.74, 6) is 2.23. The molecule has 1 saturated heterocycles. The van der Waals surface area contributed by atoms with Crippen molar-refractivity contribution < 1.29 is 14.1 Å². The number of para-hydroxylation sites is 2. The van der Waals surface area contributed by atoms with Gasteiger partial charge >= 0.3 is 0 Å². The van der Waals surface area contributed by atoms with Gasteiger partial charge < -0.3 is 9.15 Å². The predicted molar refractivity (Wildman–Crippen MR) is 106 cm³/mol. The van der Waals surface area contributed by atoms with Crippen LogP contribution in [0.1, 0.15) is 30.2 Å². The Kier molecular flexibility index (Phi) is 5.12. The molecule has 1 aliphatic rings. The van der Waals surface area contributed by atoms with Crippen molar-refractivity contribution >= 4 is 5.69 Å². The van der Waals surface area contributed by atoms with Crippen LogP contribution in [0.5, 0.6) is 5.75 Å². The molecule has 6 heteroatoms. The van der Waals surface area contributed by atoms with Crippen LogP contribution in [0.2, 0.25) is 0 Å². The number of rotatable bonds is 6. The number of hydrogen-bond donors (Lipinski definition) is 0. The lowest BCUT2D eigenvalue weighted by Gasteiger charge is -2.25.